The lowest BCUT2D eigenvalue weighted by molar-refractivity contribution is -0.192. The van der Waals surface area contributed by atoms with Gasteiger partial charge in [-0.2, -0.15) is 13.2 Å². The number of nitrogens with zero attached hydrogens (tertiary/aromatic N) is 4. The lowest BCUT2D eigenvalue weighted by Crippen LogP contribution is -2.35. The number of nitrogens with one attached hydrogen (secondary N) is 1. The van der Waals surface area contributed by atoms with Gasteiger partial charge in [0.15, 0.2) is 0 Å². The van der Waals surface area contributed by atoms with Gasteiger partial charge in [-0.05, 0) is 37.7 Å². The molecule has 1 atom stereocenters. The van der Waals surface area contributed by atoms with Crippen LogP contribution in [0.2, 0.25) is 0 Å². The number of aromatic nitrogens is 3. The summed E-state index contributed by atoms with van der Waals surface area (Å²) in [5.74, 6) is -1.82. The number of hydrogen-bond acceptors (Lipinski definition) is 7. The molecule has 2 aromatic rings. The van der Waals surface area contributed by atoms with Crippen molar-refractivity contribution in [2.75, 3.05) is 18.0 Å². The third-order valence-electron chi connectivity index (χ3n) is 4.79. The number of carboxylic acids is 1. The van der Waals surface area contributed by atoms with Crippen LogP contribution in [0.5, 0.6) is 0 Å². The molecule has 7 nitrogen and oxygen atoms in total. The first-order chi connectivity index (χ1) is 13.8. The van der Waals surface area contributed by atoms with E-state index in [0.717, 1.165) is 49.9 Å². The normalized spacial score (nSPS) is 18.7. The van der Waals surface area contributed by atoms with Crippen LogP contribution >= 0.6 is 11.3 Å². The van der Waals surface area contributed by atoms with Gasteiger partial charge < -0.3 is 15.3 Å². The van der Waals surface area contributed by atoms with Gasteiger partial charge in [-0.3, -0.25) is 0 Å². The summed E-state index contributed by atoms with van der Waals surface area (Å²) in [7, 11) is 0. The summed E-state index contributed by atoms with van der Waals surface area (Å²) in [5.41, 5.74) is 2.56. The van der Waals surface area contributed by atoms with Crippen molar-refractivity contribution < 1.29 is 23.1 Å². The molecule has 4 rings (SSSR count). The van der Waals surface area contributed by atoms with Crippen LogP contribution in [0.3, 0.4) is 0 Å². The van der Waals surface area contributed by atoms with Gasteiger partial charge in [-0.15, -0.1) is 11.3 Å². The lowest BCUT2D eigenvalue weighted by atomic mass is 9.93. The van der Waals surface area contributed by atoms with Crippen molar-refractivity contribution in [1.82, 2.24) is 20.3 Å². The van der Waals surface area contributed by atoms with Crippen molar-refractivity contribution >= 4 is 23.3 Å². The van der Waals surface area contributed by atoms with Gasteiger partial charge in [-0.25, -0.2) is 19.7 Å². The summed E-state index contributed by atoms with van der Waals surface area (Å²) in [6.45, 7) is 3.08. The molecule has 2 aliphatic rings. The molecule has 1 saturated heterocycles. The Kier molecular flexibility index (Phi) is 7.01. The zero-order chi connectivity index (χ0) is 20.9. The fourth-order valence-electron chi connectivity index (χ4n) is 3.31. The first kappa shape index (κ1) is 21.4. The van der Waals surface area contributed by atoms with Gasteiger partial charge in [-0.1, -0.05) is 0 Å². The Labute approximate surface area is 170 Å². The highest BCUT2D eigenvalue weighted by Crippen LogP contribution is 2.23. The van der Waals surface area contributed by atoms with Crippen molar-refractivity contribution in [2.45, 2.75) is 50.9 Å². The standard InChI is InChI=1S/C16H21N5S.C2HF3O2/c1-2-7-21(6-1)16-19-10-12-9-13(3-4-14(12)20-16)18-11-15-17-5-8-22-15;3-2(4,5)1(6)7/h5,8,10,13,18H,1-4,6-7,9,11H2;(H,6,7). The van der Waals surface area contributed by atoms with Crippen molar-refractivity contribution in [3.05, 3.63) is 34.0 Å². The van der Waals surface area contributed by atoms with Gasteiger partial charge in [0, 0.05) is 49.1 Å². The summed E-state index contributed by atoms with van der Waals surface area (Å²) in [6, 6.07) is 0.512. The molecule has 1 fully saturated rings. The number of fused-ring (bicyclic) bond motifs is 1. The fraction of sp³-hybridized carbons (Fsp3) is 0.556. The largest absolute Gasteiger partial charge is 0.490 e. The van der Waals surface area contributed by atoms with Crippen molar-refractivity contribution in [1.29, 1.82) is 0 Å². The van der Waals surface area contributed by atoms with Crippen molar-refractivity contribution in [3.63, 3.8) is 0 Å². The Morgan fingerprint density at radius 1 is 1.31 bits per heavy atom. The van der Waals surface area contributed by atoms with Gasteiger partial charge in [0.2, 0.25) is 5.95 Å². The minimum atomic E-state index is -5.08. The maximum atomic E-state index is 10.6. The first-order valence-corrected chi connectivity index (χ1v) is 10.2. The monoisotopic (exact) mass is 429 g/mol. The number of halogens is 3. The topological polar surface area (TPSA) is 91.2 Å². The molecule has 1 unspecified atom stereocenters. The molecule has 2 N–H and O–H groups in total. The molecule has 29 heavy (non-hydrogen) atoms. The molecule has 158 valence electrons. The molecule has 1 aliphatic carbocycles. The van der Waals surface area contributed by atoms with E-state index in [1.165, 1.54) is 24.1 Å². The molecule has 0 aromatic carbocycles. The van der Waals surface area contributed by atoms with Crippen molar-refractivity contribution in [2.24, 2.45) is 0 Å². The number of alkyl halides is 3. The van der Waals surface area contributed by atoms with Crippen LogP contribution in [0.1, 0.15) is 35.5 Å². The van der Waals surface area contributed by atoms with Crippen LogP contribution in [-0.2, 0) is 24.2 Å². The summed E-state index contributed by atoms with van der Waals surface area (Å²) < 4.78 is 31.7. The van der Waals surface area contributed by atoms with Crippen LogP contribution in [0.4, 0.5) is 19.1 Å². The second kappa shape index (κ2) is 9.49. The quantitative estimate of drug-likeness (QED) is 0.772. The number of anilines is 1. The highest BCUT2D eigenvalue weighted by molar-refractivity contribution is 7.09. The Hall–Kier alpha value is -2.27. The van der Waals surface area contributed by atoms with E-state index in [-0.39, 0.29) is 0 Å². The summed E-state index contributed by atoms with van der Waals surface area (Å²) in [5, 5.41) is 13.9. The van der Waals surface area contributed by atoms with E-state index in [2.05, 4.69) is 20.2 Å². The molecule has 1 aliphatic heterocycles. The van der Waals surface area contributed by atoms with Crippen molar-refractivity contribution in [3.8, 4) is 0 Å². The molecule has 2 aromatic heterocycles. The molecule has 0 bridgehead atoms. The second-order valence-electron chi connectivity index (χ2n) is 6.89. The average Bonchev–Trinajstić information content (AvgIpc) is 3.39. The van der Waals surface area contributed by atoms with Crippen LogP contribution in [0.25, 0.3) is 0 Å². The van der Waals surface area contributed by atoms with E-state index in [4.69, 9.17) is 14.9 Å². The molecule has 0 saturated carbocycles. The minimum Gasteiger partial charge on any atom is -0.475 e. The maximum Gasteiger partial charge on any atom is 0.490 e. The highest BCUT2D eigenvalue weighted by Gasteiger charge is 2.38. The van der Waals surface area contributed by atoms with Crippen LogP contribution in [-0.4, -0.2) is 51.3 Å². The summed E-state index contributed by atoms with van der Waals surface area (Å²) >= 11 is 1.71. The molecule has 3 heterocycles. The zero-order valence-electron chi connectivity index (χ0n) is 15.7. The Bertz CT molecular complexity index is 810. The number of hydrogen-bond donors (Lipinski definition) is 2. The predicted octanol–water partition coefficient (Wildman–Crippen LogP) is 2.81. The number of carboxylic acid groups (broad SMARTS) is 1. The third kappa shape index (κ3) is 6.10. The molecule has 0 radical (unpaired) electrons. The van der Waals surface area contributed by atoms with Crippen LogP contribution in [0.15, 0.2) is 17.8 Å². The van der Waals surface area contributed by atoms with E-state index in [9.17, 15) is 13.2 Å². The van der Waals surface area contributed by atoms with Gasteiger partial charge in [0.25, 0.3) is 0 Å². The molecule has 11 heteroatoms. The average molecular weight is 429 g/mol. The van der Waals surface area contributed by atoms with Crippen LogP contribution in [0, 0.1) is 0 Å². The van der Waals surface area contributed by atoms with E-state index < -0.39 is 12.1 Å². The predicted molar refractivity (Wildman–Crippen MR) is 102 cm³/mol. The van der Waals surface area contributed by atoms with E-state index in [1.54, 1.807) is 11.3 Å². The van der Waals surface area contributed by atoms with Gasteiger partial charge >= 0.3 is 12.1 Å². The Morgan fingerprint density at radius 2 is 2.03 bits per heavy atom. The Morgan fingerprint density at radius 3 is 2.66 bits per heavy atom. The molecular formula is C18H22F3N5O2S. The first-order valence-electron chi connectivity index (χ1n) is 9.34. The highest BCUT2D eigenvalue weighted by atomic mass is 32.1. The van der Waals surface area contributed by atoms with E-state index >= 15 is 0 Å². The molecular weight excluding hydrogens is 407 g/mol. The van der Waals surface area contributed by atoms with Crippen LogP contribution < -0.4 is 10.2 Å². The lowest BCUT2D eigenvalue weighted by Gasteiger charge is -2.25. The third-order valence-corrected chi connectivity index (χ3v) is 5.57. The number of rotatable bonds is 4. The minimum absolute atomic E-state index is 0.512. The number of thiazole rings is 1. The number of aryl methyl sites for hydroxylation is 1. The second-order valence-corrected chi connectivity index (χ2v) is 7.86. The zero-order valence-corrected chi connectivity index (χ0v) is 16.5. The van der Waals surface area contributed by atoms with Gasteiger partial charge in [0.1, 0.15) is 5.01 Å². The van der Waals surface area contributed by atoms with E-state index in [1.807, 2.05) is 17.8 Å². The molecule has 0 spiro atoms. The Balaban J connectivity index is 0.000000298. The smallest absolute Gasteiger partial charge is 0.475 e. The summed E-state index contributed by atoms with van der Waals surface area (Å²) in [4.78, 5) is 24.9. The number of aliphatic carboxylic acids is 1. The number of carbonyl (C=O) groups is 1. The summed E-state index contributed by atoms with van der Waals surface area (Å²) in [6.07, 6.45) is 4.59. The molecule has 0 amide bonds. The fourth-order valence-corrected chi connectivity index (χ4v) is 3.88. The van der Waals surface area contributed by atoms with Gasteiger partial charge in [0.05, 0.1) is 0 Å². The SMILES string of the molecule is O=C(O)C(F)(F)F.c1csc(CNC2CCc3nc(N4CCCC4)ncc3C2)n1. The van der Waals surface area contributed by atoms with E-state index in [0.29, 0.717) is 6.04 Å². The maximum absolute atomic E-state index is 10.6.